The number of anilines is 4. The van der Waals surface area contributed by atoms with Crippen LogP contribution in [-0.4, -0.2) is 52.6 Å². The predicted molar refractivity (Wildman–Crippen MR) is 112 cm³/mol. The van der Waals surface area contributed by atoms with Gasteiger partial charge in [-0.05, 0) is 36.4 Å². The lowest BCUT2D eigenvalue weighted by Gasteiger charge is -2.27. The Labute approximate surface area is 172 Å². The molecule has 0 amide bonds. The lowest BCUT2D eigenvalue weighted by Crippen LogP contribution is -2.37. The zero-order chi connectivity index (χ0) is 20.8. The Hall–Kier alpha value is -3.79. The smallest absolute Gasteiger partial charge is 0.250 e. The van der Waals surface area contributed by atoms with Crippen LogP contribution in [0.5, 0.6) is 5.75 Å². The summed E-state index contributed by atoms with van der Waals surface area (Å²) in [6.45, 7) is 2.47. The molecule has 1 fully saturated rings. The van der Waals surface area contributed by atoms with E-state index in [1.807, 2.05) is 4.90 Å². The fraction of sp³-hybridized carbons (Fsp3) is 0.200. The Balaban J connectivity index is 1.57. The van der Waals surface area contributed by atoms with Gasteiger partial charge in [0.1, 0.15) is 11.6 Å². The molecule has 10 heteroatoms. The maximum atomic E-state index is 13.2. The number of hydrazone groups is 1. The van der Waals surface area contributed by atoms with E-state index >= 15 is 0 Å². The molecule has 3 N–H and O–H groups in total. The number of hydrogen-bond donors (Lipinski definition) is 3. The van der Waals surface area contributed by atoms with Crippen LogP contribution in [0.4, 0.5) is 27.9 Å². The van der Waals surface area contributed by atoms with Crippen LogP contribution in [0.15, 0.2) is 53.6 Å². The minimum absolute atomic E-state index is 0.117. The highest BCUT2D eigenvalue weighted by Gasteiger charge is 2.16. The van der Waals surface area contributed by atoms with Gasteiger partial charge in [0, 0.05) is 24.3 Å². The normalized spacial score (nSPS) is 14.1. The summed E-state index contributed by atoms with van der Waals surface area (Å²) in [7, 11) is 0. The SMILES string of the molecule is Oc1ccccc1/C=N\Nc1nc(Nc2ccc(F)cc2)nc(N2CCOCC2)n1. The molecule has 3 aromatic rings. The Kier molecular flexibility index (Phi) is 5.95. The van der Waals surface area contributed by atoms with Crippen LogP contribution in [0.25, 0.3) is 0 Å². The second kappa shape index (κ2) is 9.14. The Morgan fingerprint density at radius 2 is 1.73 bits per heavy atom. The number of nitrogens with zero attached hydrogens (tertiary/aromatic N) is 5. The van der Waals surface area contributed by atoms with Gasteiger partial charge in [-0.3, -0.25) is 0 Å². The number of hydrogen-bond acceptors (Lipinski definition) is 9. The van der Waals surface area contributed by atoms with Crippen LogP contribution in [0, 0.1) is 5.82 Å². The number of morpholine rings is 1. The van der Waals surface area contributed by atoms with Crippen LogP contribution in [0.1, 0.15) is 5.56 Å². The third-order valence-electron chi connectivity index (χ3n) is 4.32. The zero-order valence-electron chi connectivity index (χ0n) is 16.0. The van der Waals surface area contributed by atoms with Gasteiger partial charge in [-0.2, -0.15) is 20.1 Å². The number of para-hydroxylation sites is 1. The van der Waals surface area contributed by atoms with Gasteiger partial charge in [-0.15, -0.1) is 0 Å². The predicted octanol–water partition coefficient (Wildman–Crippen LogP) is 2.74. The van der Waals surface area contributed by atoms with Gasteiger partial charge >= 0.3 is 0 Å². The molecule has 0 unspecified atom stereocenters. The molecule has 0 atom stereocenters. The number of phenols is 1. The van der Waals surface area contributed by atoms with Crippen LogP contribution >= 0.6 is 0 Å². The van der Waals surface area contributed by atoms with Crippen molar-refractivity contribution in [1.29, 1.82) is 0 Å². The summed E-state index contributed by atoms with van der Waals surface area (Å²) < 4.78 is 18.6. The molecule has 0 bridgehead atoms. The Morgan fingerprint density at radius 1 is 1.00 bits per heavy atom. The summed E-state index contributed by atoms with van der Waals surface area (Å²) >= 11 is 0. The molecule has 2 aromatic carbocycles. The number of benzene rings is 2. The van der Waals surface area contributed by atoms with Crippen molar-refractivity contribution >= 4 is 29.7 Å². The van der Waals surface area contributed by atoms with E-state index < -0.39 is 0 Å². The first-order valence-electron chi connectivity index (χ1n) is 9.36. The van der Waals surface area contributed by atoms with E-state index in [-0.39, 0.29) is 17.5 Å². The van der Waals surface area contributed by atoms with Crippen molar-refractivity contribution < 1.29 is 14.2 Å². The first kappa shape index (κ1) is 19.5. The highest BCUT2D eigenvalue weighted by Crippen LogP contribution is 2.19. The van der Waals surface area contributed by atoms with Gasteiger partial charge in [-0.1, -0.05) is 12.1 Å². The molecular formula is C20H20FN7O2. The molecule has 0 aliphatic carbocycles. The first-order valence-corrected chi connectivity index (χ1v) is 9.36. The van der Waals surface area contributed by atoms with Crippen LogP contribution in [-0.2, 0) is 4.74 Å². The lowest BCUT2D eigenvalue weighted by molar-refractivity contribution is 0.122. The van der Waals surface area contributed by atoms with Gasteiger partial charge in [0.15, 0.2) is 0 Å². The fourth-order valence-corrected chi connectivity index (χ4v) is 2.79. The number of ether oxygens (including phenoxy) is 1. The van der Waals surface area contributed by atoms with Crippen LogP contribution < -0.4 is 15.6 Å². The summed E-state index contributed by atoms with van der Waals surface area (Å²) in [5, 5.41) is 17.0. The molecule has 1 aliphatic rings. The number of rotatable bonds is 6. The number of nitrogens with one attached hydrogen (secondary N) is 2. The minimum atomic E-state index is -0.328. The molecule has 1 aliphatic heterocycles. The van der Waals surface area contributed by atoms with E-state index in [0.717, 1.165) is 0 Å². The van der Waals surface area contributed by atoms with Crippen LogP contribution in [0.2, 0.25) is 0 Å². The molecule has 30 heavy (non-hydrogen) atoms. The van der Waals surface area contributed by atoms with E-state index in [2.05, 4.69) is 30.8 Å². The minimum Gasteiger partial charge on any atom is -0.507 e. The van der Waals surface area contributed by atoms with E-state index in [4.69, 9.17) is 4.74 Å². The largest absolute Gasteiger partial charge is 0.507 e. The van der Waals surface area contributed by atoms with E-state index in [1.165, 1.54) is 18.3 Å². The van der Waals surface area contributed by atoms with Crippen molar-refractivity contribution in [3.63, 3.8) is 0 Å². The van der Waals surface area contributed by atoms with Gasteiger partial charge in [0.25, 0.3) is 0 Å². The molecule has 1 saturated heterocycles. The molecule has 0 saturated carbocycles. The molecule has 9 nitrogen and oxygen atoms in total. The standard InChI is InChI=1S/C20H20FN7O2/c21-15-5-7-16(8-6-15)23-18-24-19(26-20(25-18)28-9-11-30-12-10-28)27-22-13-14-3-1-2-4-17(14)29/h1-8,13,29H,9-12H2,(H2,23,24,25,26,27)/b22-13-. The average molecular weight is 409 g/mol. The molecule has 2 heterocycles. The van der Waals surface area contributed by atoms with Crippen molar-refractivity contribution in [2.24, 2.45) is 5.10 Å². The number of aromatic nitrogens is 3. The third-order valence-corrected chi connectivity index (χ3v) is 4.32. The first-order chi connectivity index (χ1) is 14.7. The average Bonchev–Trinajstić information content (AvgIpc) is 2.77. The number of halogens is 1. The van der Waals surface area contributed by atoms with Crippen LogP contribution in [0.3, 0.4) is 0 Å². The van der Waals surface area contributed by atoms with Crippen molar-refractivity contribution in [3.05, 3.63) is 59.9 Å². The number of aromatic hydroxyl groups is 1. The molecular weight excluding hydrogens is 389 g/mol. The monoisotopic (exact) mass is 409 g/mol. The maximum absolute atomic E-state index is 13.2. The summed E-state index contributed by atoms with van der Waals surface area (Å²) in [6.07, 6.45) is 1.47. The molecule has 4 rings (SSSR count). The zero-order valence-corrected chi connectivity index (χ0v) is 16.0. The van der Waals surface area contributed by atoms with Crippen molar-refractivity contribution in [1.82, 2.24) is 15.0 Å². The van der Waals surface area contributed by atoms with Gasteiger partial charge in [0.2, 0.25) is 17.8 Å². The summed E-state index contributed by atoms with van der Waals surface area (Å²) in [5.41, 5.74) is 3.96. The summed E-state index contributed by atoms with van der Waals surface area (Å²) in [5.74, 6) is 0.775. The van der Waals surface area contributed by atoms with E-state index in [9.17, 15) is 9.50 Å². The molecule has 0 spiro atoms. The van der Waals surface area contributed by atoms with Crippen molar-refractivity contribution in [2.75, 3.05) is 41.9 Å². The summed E-state index contributed by atoms with van der Waals surface area (Å²) in [4.78, 5) is 15.2. The fourth-order valence-electron chi connectivity index (χ4n) is 2.79. The topological polar surface area (TPSA) is 108 Å². The second-order valence-electron chi connectivity index (χ2n) is 6.44. The highest BCUT2D eigenvalue weighted by molar-refractivity contribution is 5.83. The van der Waals surface area contributed by atoms with E-state index in [1.54, 1.807) is 36.4 Å². The highest BCUT2D eigenvalue weighted by atomic mass is 19.1. The molecule has 154 valence electrons. The molecule has 0 radical (unpaired) electrons. The van der Waals surface area contributed by atoms with Gasteiger partial charge in [-0.25, -0.2) is 9.82 Å². The third kappa shape index (κ3) is 4.97. The second-order valence-corrected chi connectivity index (χ2v) is 6.44. The maximum Gasteiger partial charge on any atom is 0.250 e. The van der Waals surface area contributed by atoms with Gasteiger partial charge < -0.3 is 20.1 Å². The van der Waals surface area contributed by atoms with Crippen molar-refractivity contribution in [3.8, 4) is 5.75 Å². The van der Waals surface area contributed by atoms with Crippen molar-refractivity contribution in [2.45, 2.75) is 0 Å². The molecule has 1 aromatic heterocycles. The Bertz CT molecular complexity index is 1020. The Morgan fingerprint density at radius 3 is 2.50 bits per heavy atom. The summed E-state index contributed by atoms with van der Waals surface area (Å²) in [6, 6.07) is 12.7. The lowest BCUT2D eigenvalue weighted by atomic mass is 10.2. The number of phenolic OH excluding ortho intramolecular Hbond substituents is 1. The van der Waals surface area contributed by atoms with Gasteiger partial charge in [0.05, 0.1) is 19.4 Å². The van der Waals surface area contributed by atoms with E-state index in [0.29, 0.717) is 49.5 Å². The quantitative estimate of drug-likeness (QED) is 0.421.